The van der Waals surface area contributed by atoms with Crippen LogP contribution in [0.3, 0.4) is 0 Å². The van der Waals surface area contributed by atoms with Crippen molar-refractivity contribution in [2.24, 2.45) is 0 Å². The Balaban J connectivity index is 1.87. The molecule has 28 heavy (non-hydrogen) atoms. The molecule has 0 aromatic heterocycles. The van der Waals surface area contributed by atoms with Crippen LogP contribution in [0.25, 0.3) is 0 Å². The molecule has 0 spiro atoms. The van der Waals surface area contributed by atoms with Crippen LogP contribution < -0.4 is 5.32 Å². The first-order chi connectivity index (χ1) is 13.4. The van der Waals surface area contributed by atoms with Crippen LogP contribution in [-0.2, 0) is 14.6 Å². The molecule has 0 bridgehead atoms. The number of hydrogen-bond acceptors (Lipinski definition) is 5. The Morgan fingerprint density at radius 1 is 1.07 bits per heavy atom. The highest BCUT2D eigenvalue weighted by Gasteiger charge is 2.30. The molecule has 1 heterocycles. The number of halogens is 3. The second-order valence-corrected chi connectivity index (χ2v) is 8.29. The van der Waals surface area contributed by atoms with Gasteiger partial charge in [0, 0.05) is 19.6 Å². The maximum absolute atomic E-state index is 13.7. The van der Waals surface area contributed by atoms with Crippen molar-refractivity contribution in [3.63, 3.8) is 0 Å². The quantitative estimate of drug-likeness (QED) is 0.753. The Labute approximate surface area is 162 Å². The van der Waals surface area contributed by atoms with Crippen LogP contribution in [-0.4, -0.2) is 51.9 Å². The van der Waals surface area contributed by atoms with Gasteiger partial charge < -0.3 is 10.1 Å². The lowest BCUT2D eigenvalue weighted by Crippen LogP contribution is -2.41. The summed E-state index contributed by atoms with van der Waals surface area (Å²) in [7, 11) is -4.74. The summed E-state index contributed by atoms with van der Waals surface area (Å²) in [5.74, 6) is -3.88. The van der Waals surface area contributed by atoms with Gasteiger partial charge in [0.15, 0.2) is 0 Å². The molecule has 2 aromatic rings. The van der Waals surface area contributed by atoms with E-state index in [1.165, 1.54) is 24.3 Å². The Hall–Kier alpha value is -2.10. The number of alkyl halides is 2. The summed E-state index contributed by atoms with van der Waals surface area (Å²) in [6, 6.07) is 11.4. The number of benzene rings is 2. The van der Waals surface area contributed by atoms with E-state index in [4.69, 9.17) is 4.74 Å². The predicted octanol–water partition coefficient (Wildman–Crippen LogP) is 3.31. The van der Waals surface area contributed by atoms with Gasteiger partial charge in [-0.25, -0.2) is 12.8 Å². The molecule has 1 fully saturated rings. The number of nitrogens with one attached hydrogen (secondary N) is 1. The molecular weight excluding hydrogens is 393 g/mol. The molecule has 2 aromatic carbocycles. The second-order valence-electron chi connectivity index (χ2n) is 6.40. The molecule has 9 heteroatoms. The van der Waals surface area contributed by atoms with Crippen LogP contribution in [0.1, 0.15) is 11.6 Å². The van der Waals surface area contributed by atoms with Gasteiger partial charge in [-0.05, 0) is 29.8 Å². The van der Waals surface area contributed by atoms with E-state index in [1.54, 1.807) is 18.2 Å². The SMILES string of the molecule is O=S(=O)(c1ccccc1NCC(c1cccc(F)c1)N1CCOCC1)C(F)F. The van der Waals surface area contributed by atoms with Crippen molar-refractivity contribution in [2.45, 2.75) is 16.7 Å². The zero-order valence-corrected chi connectivity index (χ0v) is 15.8. The fourth-order valence-corrected chi connectivity index (χ4v) is 4.13. The minimum atomic E-state index is -4.74. The minimum absolute atomic E-state index is 0.0949. The Kier molecular flexibility index (Phi) is 6.58. The van der Waals surface area contributed by atoms with E-state index in [1.807, 2.05) is 0 Å². The van der Waals surface area contributed by atoms with Crippen molar-refractivity contribution in [3.05, 3.63) is 59.9 Å². The maximum atomic E-state index is 13.7. The van der Waals surface area contributed by atoms with Gasteiger partial charge in [-0.3, -0.25) is 4.90 Å². The zero-order chi connectivity index (χ0) is 20.1. The lowest BCUT2D eigenvalue weighted by molar-refractivity contribution is 0.0186. The number of anilines is 1. The fraction of sp³-hybridized carbons (Fsp3) is 0.368. The standard InChI is InChI=1S/C19H21F3N2O3S/c20-15-5-3-4-14(12-15)17(24-8-10-27-11-9-24)13-23-16-6-1-2-7-18(16)28(25,26)19(21)22/h1-7,12,17,19,23H,8-11,13H2. The van der Waals surface area contributed by atoms with E-state index in [-0.39, 0.29) is 24.1 Å². The van der Waals surface area contributed by atoms with E-state index in [9.17, 15) is 21.6 Å². The number of morpholine rings is 1. The topological polar surface area (TPSA) is 58.6 Å². The smallest absolute Gasteiger partial charge is 0.341 e. The van der Waals surface area contributed by atoms with Gasteiger partial charge >= 0.3 is 5.76 Å². The summed E-state index contributed by atoms with van der Waals surface area (Å²) in [5.41, 5.74) is 0.807. The van der Waals surface area contributed by atoms with Gasteiger partial charge in [-0.15, -0.1) is 0 Å². The minimum Gasteiger partial charge on any atom is -0.382 e. The molecule has 0 radical (unpaired) electrons. The molecule has 1 saturated heterocycles. The van der Waals surface area contributed by atoms with Gasteiger partial charge in [-0.2, -0.15) is 8.78 Å². The first-order valence-corrected chi connectivity index (χ1v) is 10.4. The summed E-state index contributed by atoms with van der Waals surface area (Å²) in [5, 5.41) is 2.97. The van der Waals surface area contributed by atoms with E-state index < -0.39 is 20.5 Å². The summed E-state index contributed by atoms with van der Waals surface area (Å²) in [6.07, 6.45) is 0. The number of rotatable bonds is 7. The van der Waals surface area contributed by atoms with Gasteiger partial charge in [0.2, 0.25) is 9.84 Å². The highest BCUT2D eigenvalue weighted by molar-refractivity contribution is 7.91. The number of hydrogen-bond donors (Lipinski definition) is 1. The van der Waals surface area contributed by atoms with Crippen LogP contribution in [0.2, 0.25) is 0 Å². The summed E-state index contributed by atoms with van der Waals surface area (Å²) < 4.78 is 69.0. The van der Waals surface area contributed by atoms with Crippen LogP contribution in [0.15, 0.2) is 53.4 Å². The molecule has 0 saturated carbocycles. The molecule has 1 aliphatic heterocycles. The van der Waals surface area contributed by atoms with Crippen molar-refractivity contribution in [2.75, 3.05) is 38.2 Å². The zero-order valence-electron chi connectivity index (χ0n) is 15.0. The molecular formula is C19H21F3N2O3S. The largest absolute Gasteiger partial charge is 0.382 e. The first kappa shape index (κ1) is 20.6. The Bertz CT molecular complexity index is 903. The van der Waals surface area contributed by atoms with Crippen molar-refractivity contribution in [1.82, 2.24) is 4.90 Å². The molecule has 0 aliphatic carbocycles. The Morgan fingerprint density at radius 3 is 2.46 bits per heavy atom. The summed E-state index contributed by atoms with van der Waals surface area (Å²) in [6.45, 7) is 2.53. The van der Waals surface area contributed by atoms with E-state index >= 15 is 0 Å². The van der Waals surface area contributed by atoms with Crippen molar-refractivity contribution < 1.29 is 26.3 Å². The lowest BCUT2D eigenvalue weighted by Gasteiger charge is -2.35. The molecule has 5 nitrogen and oxygen atoms in total. The normalized spacial score (nSPS) is 16.9. The monoisotopic (exact) mass is 414 g/mol. The second kappa shape index (κ2) is 8.93. The molecule has 0 amide bonds. The maximum Gasteiger partial charge on any atom is 0.341 e. The molecule has 3 rings (SSSR count). The fourth-order valence-electron chi connectivity index (χ4n) is 3.22. The molecule has 1 aliphatic rings. The van der Waals surface area contributed by atoms with Crippen LogP contribution in [0.4, 0.5) is 18.9 Å². The van der Waals surface area contributed by atoms with Crippen molar-refractivity contribution in [3.8, 4) is 0 Å². The average Bonchev–Trinajstić information content (AvgIpc) is 2.69. The van der Waals surface area contributed by atoms with Crippen LogP contribution >= 0.6 is 0 Å². The van der Waals surface area contributed by atoms with E-state index in [0.29, 0.717) is 31.9 Å². The van der Waals surface area contributed by atoms with Gasteiger partial charge in [0.1, 0.15) is 5.82 Å². The lowest BCUT2D eigenvalue weighted by atomic mass is 10.0. The Morgan fingerprint density at radius 2 is 1.79 bits per heavy atom. The number of nitrogens with zero attached hydrogens (tertiary/aromatic N) is 1. The van der Waals surface area contributed by atoms with E-state index in [0.717, 1.165) is 6.07 Å². The van der Waals surface area contributed by atoms with E-state index in [2.05, 4.69) is 10.2 Å². The highest BCUT2D eigenvalue weighted by Crippen LogP contribution is 2.28. The predicted molar refractivity (Wildman–Crippen MR) is 99.7 cm³/mol. The summed E-state index contributed by atoms with van der Waals surface area (Å²) >= 11 is 0. The van der Waals surface area contributed by atoms with Gasteiger partial charge in [-0.1, -0.05) is 24.3 Å². The van der Waals surface area contributed by atoms with Crippen molar-refractivity contribution in [1.29, 1.82) is 0 Å². The molecule has 152 valence electrons. The van der Waals surface area contributed by atoms with Crippen LogP contribution in [0, 0.1) is 5.82 Å². The highest BCUT2D eigenvalue weighted by atomic mass is 32.2. The van der Waals surface area contributed by atoms with Crippen molar-refractivity contribution >= 4 is 15.5 Å². The van der Waals surface area contributed by atoms with Crippen LogP contribution in [0.5, 0.6) is 0 Å². The molecule has 1 N–H and O–H groups in total. The third-order valence-electron chi connectivity index (χ3n) is 4.63. The number of sulfone groups is 1. The average molecular weight is 414 g/mol. The summed E-state index contributed by atoms with van der Waals surface area (Å²) in [4.78, 5) is 1.64. The number of para-hydroxylation sites is 1. The van der Waals surface area contributed by atoms with Gasteiger partial charge in [0.25, 0.3) is 0 Å². The number of ether oxygens (including phenoxy) is 1. The third kappa shape index (κ3) is 4.65. The van der Waals surface area contributed by atoms with Gasteiger partial charge in [0.05, 0.1) is 29.8 Å². The third-order valence-corrected chi connectivity index (χ3v) is 6.07. The first-order valence-electron chi connectivity index (χ1n) is 8.82. The molecule has 1 atom stereocenters. The molecule has 1 unspecified atom stereocenters.